The number of benzene rings is 2. The van der Waals surface area contributed by atoms with Gasteiger partial charge < -0.3 is 14.8 Å². The Balaban J connectivity index is 1.12. The average Bonchev–Trinajstić information content (AvgIpc) is 3.37. The highest BCUT2D eigenvalue weighted by Crippen LogP contribution is 2.43. The first-order valence-corrected chi connectivity index (χ1v) is 14.4. The SMILES string of the molecule is CCC(=O)N1CC(C(=O)N[C@@H](CCN2[C@@H]3CC[C@H]2CC(n2c(C)nc4c(F)cccc42)C3)c2ccccc2)C1. The third-order valence-electron chi connectivity index (χ3n) is 9.17. The number of fused-ring (bicyclic) bond motifs is 3. The molecule has 0 radical (unpaired) electrons. The molecule has 3 fully saturated rings. The number of carbonyl (C=O) groups is 2. The van der Waals surface area contributed by atoms with Crippen LogP contribution < -0.4 is 5.32 Å². The zero-order chi connectivity index (χ0) is 27.1. The minimum Gasteiger partial charge on any atom is -0.349 e. The van der Waals surface area contributed by atoms with E-state index in [9.17, 15) is 14.0 Å². The van der Waals surface area contributed by atoms with Crippen LogP contribution in [-0.4, -0.2) is 62.9 Å². The summed E-state index contributed by atoms with van der Waals surface area (Å²) in [6.07, 6.45) is 5.74. The van der Waals surface area contributed by atoms with Crippen molar-refractivity contribution in [2.75, 3.05) is 19.6 Å². The lowest BCUT2D eigenvalue weighted by molar-refractivity contribution is -0.143. The molecule has 1 aromatic heterocycles. The van der Waals surface area contributed by atoms with E-state index in [0.29, 0.717) is 43.2 Å². The summed E-state index contributed by atoms with van der Waals surface area (Å²) >= 11 is 0. The van der Waals surface area contributed by atoms with Crippen molar-refractivity contribution in [3.8, 4) is 0 Å². The number of piperidine rings is 1. The molecular weight excluding hydrogens is 493 g/mol. The maximum atomic E-state index is 14.4. The molecule has 1 N–H and O–H groups in total. The first-order valence-electron chi connectivity index (χ1n) is 14.4. The molecule has 39 heavy (non-hydrogen) atoms. The summed E-state index contributed by atoms with van der Waals surface area (Å²) < 4.78 is 16.7. The maximum Gasteiger partial charge on any atom is 0.227 e. The second-order valence-corrected chi connectivity index (χ2v) is 11.5. The molecule has 3 aromatic rings. The topological polar surface area (TPSA) is 70.5 Å². The lowest BCUT2D eigenvalue weighted by atomic mass is 9.94. The number of aryl methyl sites for hydroxylation is 1. The van der Waals surface area contributed by atoms with E-state index < -0.39 is 0 Å². The number of hydrogen-bond acceptors (Lipinski definition) is 4. The van der Waals surface area contributed by atoms with E-state index in [1.807, 2.05) is 38.1 Å². The van der Waals surface area contributed by atoms with E-state index in [0.717, 1.165) is 42.7 Å². The predicted molar refractivity (Wildman–Crippen MR) is 149 cm³/mol. The molecule has 2 aromatic carbocycles. The number of amides is 2. The highest BCUT2D eigenvalue weighted by Gasteiger charge is 2.42. The fraction of sp³-hybridized carbons (Fsp3) is 0.516. The van der Waals surface area contributed by atoms with Gasteiger partial charge in [-0.05, 0) is 56.7 Å². The minimum absolute atomic E-state index is 0.0420. The normalized spacial score (nSPS) is 24.1. The number of imidazole rings is 1. The van der Waals surface area contributed by atoms with Crippen molar-refractivity contribution in [1.29, 1.82) is 0 Å². The zero-order valence-electron chi connectivity index (χ0n) is 22.9. The van der Waals surface area contributed by atoms with Crippen LogP contribution in [0.1, 0.15) is 68.9 Å². The number of para-hydroxylation sites is 1. The van der Waals surface area contributed by atoms with Crippen LogP contribution in [0.2, 0.25) is 0 Å². The van der Waals surface area contributed by atoms with Crippen molar-refractivity contribution in [2.45, 2.75) is 76.5 Å². The van der Waals surface area contributed by atoms with Crippen molar-refractivity contribution in [1.82, 2.24) is 24.7 Å². The molecule has 7 nitrogen and oxygen atoms in total. The molecule has 4 atom stereocenters. The molecule has 3 saturated heterocycles. The van der Waals surface area contributed by atoms with Crippen LogP contribution >= 0.6 is 0 Å². The highest BCUT2D eigenvalue weighted by molar-refractivity contribution is 5.84. The van der Waals surface area contributed by atoms with Crippen molar-refractivity contribution in [3.05, 3.63) is 65.7 Å². The zero-order valence-corrected chi connectivity index (χ0v) is 22.9. The third kappa shape index (κ3) is 4.95. The van der Waals surface area contributed by atoms with Gasteiger partial charge in [0.15, 0.2) is 5.82 Å². The van der Waals surface area contributed by atoms with E-state index >= 15 is 0 Å². The van der Waals surface area contributed by atoms with Crippen LogP contribution in [0.5, 0.6) is 0 Å². The van der Waals surface area contributed by atoms with Gasteiger partial charge in [-0.2, -0.15) is 0 Å². The average molecular weight is 532 g/mol. The second-order valence-electron chi connectivity index (χ2n) is 11.5. The summed E-state index contributed by atoms with van der Waals surface area (Å²) in [5, 5.41) is 3.31. The summed E-state index contributed by atoms with van der Waals surface area (Å²) in [6, 6.07) is 16.7. The number of rotatable bonds is 8. The standard InChI is InChI=1S/C31H38FN5O2/c1-3-29(38)35-18-22(19-35)31(39)34-27(21-8-5-4-6-9-21)14-15-36-23-12-13-24(36)17-25(16-23)37-20(2)33-30-26(32)10-7-11-28(30)37/h4-11,22-25,27H,3,12-19H2,1-2H3,(H,34,39)/t23-,24+,25?,27-/m0/s1. The molecule has 0 spiro atoms. The molecule has 3 aliphatic heterocycles. The molecule has 1 unspecified atom stereocenters. The van der Waals surface area contributed by atoms with Crippen LogP contribution in [-0.2, 0) is 9.59 Å². The lowest BCUT2D eigenvalue weighted by Crippen LogP contribution is -2.56. The number of carbonyl (C=O) groups excluding carboxylic acids is 2. The van der Waals surface area contributed by atoms with Gasteiger partial charge in [0.1, 0.15) is 11.3 Å². The Morgan fingerprint density at radius 3 is 2.44 bits per heavy atom. The van der Waals surface area contributed by atoms with Crippen LogP contribution in [0.15, 0.2) is 48.5 Å². The Labute approximate surface area is 229 Å². The Morgan fingerprint density at radius 1 is 1.03 bits per heavy atom. The number of likely N-dealkylation sites (tertiary alicyclic amines) is 1. The van der Waals surface area contributed by atoms with E-state index in [2.05, 4.69) is 31.9 Å². The van der Waals surface area contributed by atoms with Gasteiger partial charge in [-0.1, -0.05) is 43.3 Å². The van der Waals surface area contributed by atoms with Gasteiger partial charge in [0.2, 0.25) is 11.8 Å². The lowest BCUT2D eigenvalue weighted by Gasteiger charge is -2.41. The van der Waals surface area contributed by atoms with Crippen LogP contribution in [0.25, 0.3) is 11.0 Å². The first kappa shape index (κ1) is 26.0. The molecule has 0 aliphatic carbocycles. The fourth-order valence-corrected chi connectivity index (χ4v) is 7.13. The van der Waals surface area contributed by atoms with Gasteiger partial charge in [-0.25, -0.2) is 9.37 Å². The van der Waals surface area contributed by atoms with Crippen molar-refractivity contribution in [2.24, 2.45) is 5.92 Å². The summed E-state index contributed by atoms with van der Waals surface area (Å²) in [7, 11) is 0. The highest BCUT2D eigenvalue weighted by atomic mass is 19.1. The molecule has 6 rings (SSSR count). The summed E-state index contributed by atoms with van der Waals surface area (Å²) in [5.74, 6) is 0.656. The van der Waals surface area contributed by atoms with Crippen LogP contribution in [0.4, 0.5) is 4.39 Å². The monoisotopic (exact) mass is 531 g/mol. The van der Waals surface area contributed by atoms with Gasteiger partial charge in [0.25, 0.3) is 0 Å². The van der Waals surface area contributed by atoms with E-state index in [-0.39, 0.29) is 29.6 Å². The molecule has 8 heteroatoms. The van der Waals surface area contributed by atoms with E-state index in [4.69, 9.17) is 0 Å². The molecule has 3 aliphatic rings. The first-order chi connectivity index (χ1) is 18.9. The second kappa shape index (κ2) is 10.7. The molecular formula is C31H38FN5O2. The molecule has 4 heterocycles. The van der Waals surface area contributed by atoms with Crippen molar-refractivity contribution >= 4 is 22.8 Å². The molecule has 2 bridgehead atoms. The van der Waals surface area contributed by atoms with Crippen molar-refractivity contribution < 1.29 is 14.0 Å². The van der Waals surface area contributed by atoms with Crippen LogP contribution in [0, 0.1) is 18.7 Å². The number of aromatic nitrogens is 2. The third-order valence-corrected chi connectivity index (χ3v) is 9.17. The smallest absolute Gasteiger partial charge is 0.227 e. The number of nitrogens with zero attached hydrogens (tertiary/aromatic N) is 4. The van der Waals surface area contributed by atoms with E-state index in [1.165, 1.54) is 18.9 Å². The molecule has 0 saturated carbocycles. The number of hydrogen-bond donors (Lipinski definition) is 1. The quantitative estimate of drug-likeness (QED) is 0.455. The molecule has 2 amide bonds. The maximum absolute atomic E-state index is 14.4. The summed E-state index contributed by atoms with van der Waals surface area (Å²) in [4.78, 5) is 34.0. The predicted octanol–water partition coefficient (Wildman–Crippen LogP) is 4.77. The minimum atomic E-state index is -0.254. The Kier molecular flexibility index (Phi) is 7.14. The van der Waals surface area contributed by atoms with Crippen molar-refractivity contribution in [3.63, 3.8) is 0 Å². The van der Waals surface area contributed by atoms with E-state index in [1.54, 1.807) is 11.0 Å². The Morgan fingerprint density at radius 2 is 1.74 bits per heavy atom. The Bertz CT molecular complexity index is 1340. The van der Waals surface area contributed by atoms with Gasteiger partial charge in [0.05, 0.1) is 17.5 Å². The molecule has 206 valence electrons. The van der Waals surface area contributed by atoms with Gasteiger partial charge in [0, 0.05) is 44.2 Å². The van der Waals surface area contributed by atoms with Crippen LogP contribution in [0.3, 0.4) is 0 Å². The number of nitrogens with one attached hydrogen (secondary N) is 1. The summed E-state index contributed by atoms with van der Waals surface area (Å²) in [6.45, 7) is 5.80. The summed E-state index contributed by atoms with van der Waals surface area (Å²) in [5.41, 5.74) is 2.49. The van der Waals surface area contributed by atoms with Gasteiger partial charge in [-0.3, -0.25) is 14.5 Å². The number of halogens is 1. The fourth-order valence-electron chi connectivity index (χ4n) is 7.13. The van der Waals surface area contributed by atoms with Gasteiger partial charge >= 0.3 is 0 Å². The largest absolute Gasteiger partial charge is 0.349 e. The Hall–Kier alpha value is -3.26. The van der Waals surface area contributed by atoms with Gasteiger partial charge in [-0.15, -0.1) is 0 Å².